The Balaban J connectivity index is 1.46. The van der Waals surface area contributed by atoms with Gasteiger partial charge in [-0.05, 0) is 64.5 Å². The number of nitrogens with one attached hydrogen (secondary N) is 1. The Bertz CT molecular complexity index is 978. The van der Waals surface area contributed by atoms with E-state index in [-0.39, 0.29) is 11.4 Å². The quantitative estimate of drug-likeness (QED) is 0.472. The van der Waals surface area contributed by atoms with Gasteiger partial charge in [-0.2, -0.15) is 0 Å². The number of sulfone groups is 1. The second kappa shape index (κ2) is 9.36. The molecule has 0 spiro atoms. The molecule has 30 heavy (non-hydrogen) atoms. The SMILES string of the molecule is CC(C)OCNC1CCC(c2ncc(-c3ccc(Br)cc3S(=O)(=O)C3CC3)s2)CC1. The lowest BCUT2D eigenvalue weighted by Gasteiger charge is -2.28. The van der Waals surface area contributed by atoms with E-state index in [1.165, 1.54) is 0 Å². The maximum absolute atomic E-state index is 13.0. The summed E-state index contributed by atoms with van der Waals surface area (Å²) in [5.74, 6) is 0.451. The standard InChI is InChI=1S/C22H29BrN2O3S2/c1-14(2)28-13-25-17-6-3-15(4-7-17)22-24-12-20(29-22)19-10-5-16(23)11-21(19)30(26,27)18-8-9-18/h5,10-12,14-15,17-18,25H,3-4,6-9,13H2,1-2H3. The summed E-state index contributed by atoms with van der Waals surface area (Å²) in [6, 6.07) is 6.07. The second-order valence-corrected chi connectivity index (χ2v) is 12.7. The minimum Gasteiger partial charge on any atom is -0.364 e. The summed E-state index contributed by atoms with van der Waals surface area (Å²) < 4.78 is 32.3. The largest absolute Gasteiger partial charge is 0.364 e. The van der Waals surface area contributed by atoms with Crippen LogP contribution in [0.4, 0.5) is 0 Å². The first-order chi connectivity index (χ1) is 14.3. The summed E-state index contributed by atoms with van der Waals surface area (Å²) >= 11 is 5.09. The summed E-state index contributed by atoms with van der Waals surface area (Å²) in [6.45, 7) is 4.70. The molecule has 0 atom stereocenters. The van der Waals surface area contributed by atoms with E-state index in [1.54, 1.807) is 17.4 Å². The minimum atomic E-state index is -3.28. The first-order valence-electron chi connectivity index (χ1n) is 10.7. The summed E-state index contributed by atoms with van der Waals surface area (Å²) in [6.07, 6.45) is 8.05. The van der Waals surface area contributed by atoms with Crippen molar-refractivity contribution in [3.8, 4) is 10.4 Å². The van der Waals surface area contributed by atoms with Gasteiger partial charge in [-0.3, -0.25) is 5.32 Å². The fraction of sp³-hybridized carbons (Fsp3) is 0.591. The maximum atomic E-state index is 13.0. The fourth-order valence-corrected chi connectivity index (χ4v) is 7.57. The first-order valence-corrected chi connectivity index (χ1v) is 13.8. The zero-order valence-electron chi connectivity index (χ0n) is 17.4. The van der Waals surface area contributed by atoms with Crippen molar-refractivity contribution in [2.45, 2.75) is 80.6 Å². The number of hydrogen-bond acceptors (Lipinski definition) is 6. The first kappa shape index (κ1) is 22.4. The number of benzene rings is 1. The van der Waals surface area contributed by atoms with E-state index in [2.05, 4.69) is 21.2 Å². The molecule has 2 saturated carbocycles. The van der Waals surface area contributed by atoms with Crippen LogP contribution in [0.3, 0.4) is 0 Å². The molecule has 0 saturated heterocycles. The van der Waals surface area contributed by atoms with Gasteiger partial charge < -0.3 is 4.74 Å². The van der Waals surface area contributed by atoms with Gasteiger partial charge >= 0.3 is 0 Å². The lowest BCUT2D eigenvalue weighted by Crippen LogP contribution is -2.35. The minimum absolute atomic E-state index is 0.222. The number of rotatable bonds is 8. The van der Waals surface area contributed by atoms with E-state index in [0.29, 0.717) is 23.6 Å². The Hall–Kier alpha value is -0.800. The summed E-state index contributed by atoms with van der Waals surface area (Å²) in [5, 5.41) is 4.39. The van der Waals surface area contributed by atoms with Crippen molar-refractivity contribution in [3.05, 3.63) is 33.9 Å². The third kappa shape index (κ3) is 5.15. The molecule has 8 heteroatoms. The van der Waals surface area contributed by atoms with Gasteiger partial charge in [0.25, 0.3) is 0 Å². The Morgan fingerprint density at radius 2 is 1.93 bits per heavy atom. The van der Waals surface area contributed by atoms with Gasteiger partial charge in [-0.25, -0.2) is 13.4 Å². The van der Waals surface area contributed by atoms with Crippen LogP contribution in [0.25, 0.3) is 10.4 Å². The van der Waals surface area contributed by atoms with E-state index in [1.807, 2.05) is 32.2 Å². The van der Waals surface area contributed by atoms with E-state index in [4.69, 9.17) is 9.72 Å². The molecule has 2 aromatic rings. The van der Waals surface area contributed by atoms with Crippen molar-refractivity contribution in [2.75, 3.05) is 6.73 Å². The molecule has 2 fully saturated rings. The average molecular weight is 514 g/mol. The zero-order chi connectivity index (χ0) is 21.3. The lowest BCUT2D eigenvalue weighted by molar-refractivity contribution is 0.0546. The molecular weight excluding hydrogens is 484 g/mol. The molecule has 1 N–H and O–H groups in total. The second-order valence-electron chi connectivity index (χ2n) is 8.56. The Labute approximate surface area is 191 Å². The Morgan fingerprint density at radius 3 is 2.60 bits per heavy atom. The van der Waals surface area contributed by atoms with Crippen molar-refractivity contribution in [3.63, 3.8) is 0 Å². The van der Waals surface area contributed by atoms with Crippen LogP contribution < -0.4 is 5.32 Å². The molecule has 0 aliphatic heterocycles. The lowest BCUT2D eigenvalue weighted by atomic mass is 9.86. The highest BCUT2D eigenvalue weighted by atomic mass is 79.9. The van der Waals surface area contributed by atoms with Gasteiger partial charge in [0, 0.05) is 28.2 Å². The van der Waals surface area contributed by atoms with Crippen LogP contribution in [0.1, 0.15) is 63.3 Å². The molecule has 1 aromatic carbocycles. The highest BCUT2D eigenvalue weighted by molar-refractivity contribution is 9.10. The number of hydrogen-bond donors (Lipinski definition) is 1. The Kier molecular flexibility index (Phi) is 6.99. The molecule has 0 unspecified atom stereocenters. The van der Waals surface area contributed by atoms with Crippen molar-refractivity contribution in [1.82, 2.24) is 10.3 Å². The van der Waals surface area contributed by atoms with Crippen LogP contribution in [0.15, 0.2) is 33.8 Å². The third-order valence-electron chi connectivity index (χ3n) is 5.87. The number of thiazole rings is 1. The van der Waals surface area contributed by atoms with E-state index in [9.17, 15) is 8.42 Å². The van der Waals surface area contributed by atoms with Crippen LogP contribution >= 0.6 is 27.3 Å². The van der Waals surface area contributed by atoms with Gasteiger partial charge in [-0.15, -0.1) is 11.3 Å². The topological polar surface area (TPSA) is 68.3 Å². The van der Waals surface area contributed by atoms with Crippen LogP contribution in [0.5, 0.6) is 0 Å². The highest BCUT2D eigenvalue weighted by Gasteiger charge is 2.38. The molecule has 164 valence electrons. The summed E-state index contributed by atoms with van der Waals surface area (Å²) in [7, 11) is -3.28. The van der Waals surface area contributed by atoms with Gasteiger partial charge in [0.05, 0.1) is 32.9 Å². The normalized spacial score (nSPS) is 22.5. The fourth-order valence-electron chi connectivity index (χ4n) is 3.97. The maximum Gasteiger partial charge on any atom is 0.181 e. The van der Waals surface area contributed by atoms with Crippen molar-refractivity contribution in [1.29, 1.82) is 0 Å². The van der Waals surface area contributed by atoms with Crippen LogP contribution in [0, 0.1) is 0 Å². The molecule has 0 bridgehead atoms. The van der Waals surface area contributed by atoms with Gasteiger partial charge in [0.2, 0.25) is 0 Å². The molecule has 2 aliphatic rings. The molecular formula is C22H29BrN2O3S2. The molecule has 0 amide bonds. The van der Waals surface area contributed by atoms with Crippen molar-refractivity contribution >= 4 is 37.1 Å². The molecule has 4 rings (SSSR count). The van der Waals surface area contributed by atoms with Crippen molar-refractivity contribution < 1.29 is 13.2 Å². The van der Waals surface area contributed by atoms with Gasteiger partial charge in [0.15, 0.2) is 9.84 Å². The number of ether oxygens (including phenoxy) is 1. The molecule has 2 aliphatic carbocycles. The Morgan fingerprint density at radius 1 is 1.20 bits per heavy atom. The third-order valence-corrected chi connectivity index (χ3v) is 9.85. The predicted octanol–water partition coefficient (Wildman–Crippen LogP) is 5.51. The van der Waals surface area contributed by atoms with E-state index >= 15 is 0 Å². The molecule has 1 heterocycles. The number of aromatic nitrogens is 1. The van der Waals surface area contributed by atoms with Gasteiger partial charge in [0.1, 0.15) is 0 Å². The molecule has 5 nitrogen and oxygen atoms in total. The monoisotopic (exact) mass is 512 g/mol. The number of halogens is 1. The average Bonchev–Trinajstić information content (AvgIpc) is 3.47. The summed E-state index contributed by atoms with van der Waals surface area (Å²) in [4.78, 5) is 6.08. The van der Waals surface area contributed by atoms with Crippen LogP contribution in [0.2, 0.25) is 0 Å². The van der Waals surface area contributed by atoms with E-state index < -0.39 is 9.84 Å². The molecule has 0 radical (unpaired) electrons. The molecule has 1 aromatic heterocycles. The van der Waals surface area contributed by atoms with E-state index in [0.717, 1.165) is 58.4 Å². The van der Waals surface area contributed by atoms with Gasteiger partial charge in [-0.1, -0.05) is 22.0 Å². The predicted molar refractivity (Wildman–Crippen MR) is 125 cm³/mol. The highest BCUT2D eigenvalue weighted by Crippen LogP contribution is 2.42. The summed E-state index contributed by atoms with van der Waals surface area (Å²) in [5.41, 5.74) is 0.787. The number of nitrogens with zero attached hydrogens (tertiary/aromatic N) is 1. The van der Waals surface area contributed by atoms with Crippen molar-refractivity contribution in [2.24, 2.45) is 0 Å². The zero-order valence-corrected chi connectivity index (χ0v) is 20.7. The smallest absolute Gasteiger partial charge is 0.181 e. The van der Waals surface area contributed by atoms with Crippen LogP contribution in [-0.4, -0.2) is 37.5 Å². The van der Waals surface area contributed by atoms with Crippen LogP contribution in [-0.2, 0) is 14.6 Å².